The highest BCUT2D eigenvalue weighted by Gasteiger charge is 2.15. The lowest BCUT2D eigenvalue weighted by Crippen LogP contribution is -2.12. The van der Waals surface area contributed by atoms with Crippen LogP contribution in [0.5, 0.6) is 0 Å². The molecular weight excluding hydrogens is 328 g/mol. The number of hydrogen-bond donors (Lipinski definition) is 1. The highest BCUT2D eigenvalue weighted by molar-refractivity contribution is 5.93. The van der Waals surface area contributed by atoms with Gasteiger partial charge in [0.05, 0.1) is 4.92 Å². The number of nitrogens with zero attached hydrogens (tertiary/aromatic N) is 1. The fourth-order valence-corrected chi connectivity index (χ4v) is 3.06. The Morgan fingerprint density at radius 2 is 1.50 bits per heavy atom. The number of anilines is 1. The van der Waals surface area contributed by atoms with E-state index in [9.17, 15) is 14.9 Å². The maximum Gasteiger partial charge on any atom is 0.293 e. The van der Waals surface area contributed by atoms with Crippen LogP contribution in [-0.4, -0.2) is 10.8 Å². The molecule has 0 aliphatic carbocycles. The Morgan fingerprint density at radius 3 is 2.04 bits per heavy atom. The Balaban J connectivity index is 2.12. The van der Waals surface area contributed by atoms with Crippen LogP contribution in [0.4, 0.5) is 11.4 Å². The Kier molecular flexibility index (Phi) is 11.3. The first-order valence-electron chi connectivity index (χ1n) is 10.1. The summed E-state index contributed by atoms with van der Waals surface area (Å²) in [5, 5.41) is 13.7. The molecule has 1 aromatic carbocycles. The highest BCUT2D eigenvalue weighted by atomic mass is 16.6. The van der Waals surface area contributed by atoms with Crippen LogP contribution in [0.1, 0.15) is 89.5 Å². The zero-order valence-electron chi connectivity index (χ0n) is 16.4. The van der Waals surface area contributed by atoms with Crippen molar-refractivity contribution in [2.45, 2.75) is 90.9 Å². The molecule has 1 N–H and O–H groups in total. The van der Waals surface area contributed by atoms with Crippen molar-refractivity contribution in [2.75, 3.05) is 5.32 Å². The predicted molar refractivity (Wildman–Crippen MR) is 108 cm³/mol. The lowest BCUT2D eigenvalue weighted by molar-refractivity contribution is -0.384. The van der Waals surface area contributed by atoms with E-state index in [0.717, 1.165) is 24.8 Å². The van der Waals surface area contributed by atoms with Crippen LogP contribution >= 0.6 is 0 Å². The third kappa shape index (κ3) is 9.54. The molecule has 1 rings (SSSR count). The average molecular weight is 363 g/mol. The number of benzene rings is 1. The van der Waals surface area contributed by atoms with E-state index in [1.807, 2.05) is 0 Å². The summed E-state index contributed by atoms with van der Waals surface area (Å²) in [5.41, 5.74) is 1.05. The van der Waals surface area contributed by atoms with Crippen molar-refractivity contribution in [2.24, 2.45) is 0 Å². The Morgan fingerprint density at radius 1 is 0.962 bits per heavy atom. The molecule has 0 atom stereocenters. The maximum absolute atomic E-state index is 12.0. The topological polar surface area (TPSA) is 72.2 Å². The summed E-state index contributed by atoms with van der Waals surface area (Å²) in [6.07, 6.45) is 14.0. The summed E-state index contributed by atoms with van der Waals surface area (Å²) in [4.78, 5) is 22.6. The van der Waals surface area contributed by atoms with E-state index in [0.29, 0.717) is 6.42 Å². The third-order valence-corrected chi connectivity index (χ3v) is 4.63. The zero-order valence-corrected chi connectivity index (χ0v) is 16.4. The number of nitro benzene ring substituents is 1. The third-order valence-electron chi connectivity index (χ3n) is 4.63. The molecule has 0 saturated heterocycles. The second-order valence-electron chi connectivity index (χ2n) is 7.11. The molecule has 0 aliphatic heterocycles. The molecule has 0 fully saturated rings. The van der Waals surface area contributed by atoms with E-state index in [-0.39, 0.29) is 17.3 Å². The lowest BCUT2D eigenvalue weighted by atomic mass is 10.1. The number of amides is 1. The van der Waals surface area contributed by atoms with Crippen LogP contribution in [0.2, 0.25) is 0 Å². The molecule has 146 valence electrons. The van der Waals surface area contributed by atoms with Gasteiger partial charge in [-0.25, -0.2) is 0 Å². The van der Waals surface area contributed by atoms with Gasteiger partial charge in [0.1, 0.15) is 5.69 Å². The number of rotatable bonds is 14. The molecule has 0 bridgehead atoms. The van der Waals surface area contributed by atoms with Crippen molar-refractivity contribution in [1.29, 1.82) is 0 Å². The second kappa shape index (κ2) is 13.3. The van der Waals surface area contributed by atoms with Crippen molar-refractivity contribution in [3.63, 3.8) is 0 Å². The van der Waals surface area contributed by atoms with Crippen molar-refractivity contribution in [1.82, 2.24) is 0 Å². The first-order chi connectivity index (χ1) is 12.5. The summed E-state index contributed by atoms with van der Waals surface area (Å²) in [6, 6.07) is 4.86. The Labute approximate surface area is 157 Å². The van der Waals surface area contributed by atoms with Gasteiger partial charge in [0.15, 0.2) is 0 Å². The zero-order chi connectivity index (χ0) is 19.2. The molecule has 5 nitrogen and oxygen atoms in total. The highest BCUT2D eigenvalue weighted by Crippen LogP contribution is 2.25. The first kappa shape index (κ1) is 22.1. The minimum atomic E-state index is -0.454. The van der Waals surface area contributed by atoms with Crippen molar-refractivity contribution < 1.29 is 9.72 Å². The van der Waals surface area contributed by atoms with Crippen LogP contribution < -0.4 is 5.32 Å². The van der Waals surface area contributed by atoms with Gasteiger partial charge in [0, 0.05) is 12.5 Å². The fourth-order valence-electron chi connectivity index (χ4n) is 3.06. The monoisotopic (exact) mass is 362 g/mol. The van der Waals surface area contributed by atoms with Crippen LogP contribution in [0.15, 0.2) is 18.2 Å². The molecule has 0 saturated carbocycles. The minimum absolute atomic E-state index is 0.0442. The summed E-state index contributed by atoms with van der Waals surface area (Å²) in [7, 11) is 0. The molecule has 1 amide bonds. The van der Waals surface area contributed by atoms with Gasteiger partial charge >= 0.3 is 0 Å². The van der Waals surface area contributed by atoms with Gasteiger partial charge in [-0.1, -0.05) is 77.2 Å². The van der Waals surface area contributed by atoms with Crippen molar-refractivity contribution in [3.8, 4) is 0 Å². The number of nitro groups is 1. The number of carbonyl (C=O) groups excluding carboxylic acids is 1. The van der Waals surface area contributed by atoms with Gasteiger partial charge in [-0.3, -0.25) is 14.9 Å². The van der Waals surface area contributed by atoms with E-state index in [1.165, 1.54) is 57.4 Å². The molecule has 5 heteroatoms. The second-order valence-corrected chi connectivity index (χ2v) is 7.11. The molecule has 0 aromatic heterocycles. The molecule has 26 heavy (non-hydrogen) atoms. The molecule has 0 unspecified atom stereocenters. The maximum atomic E-state index is 12.0. The van der Waals surface area contributed by atoms with Gasteiger partial charge in [0.2, 0.25) is 5.91 Å². The number of hydrogen-bond acceptors (Lipinski definition) is 3. The normalized spacial score (nSPS) is 10.7. The minimum Gasteiger partial charge on any atom is -0.320 e. The molecular formula is C21H34N2O3. The standard InChI is InChI=1S/C21H34N2O3/c1-3-4-5-6-7-8-9-10-11-12-13-14-21(24)22-19-16-15-18(2)17-20(19)23(25)26/h15-17H,3-14H2,1-2H3,(H,22,24). The number of carbonyl (C=O) groups is 1. The molecule has 0 spiro atoms. The number of aryl methyl sites for hydroxylation is 1. The quantitative estimate of drug-likeness (QED) is 0.232. The molecule has 1 aromatic rings. The summed E-state index contributed by atoms with van der Waals surface area (Å²) < 4.78 is 0. The lowest BCUT2D eigenvalue weighted by Gasteiger charge is -2.07. The SMILES string of the molecule is CCCCCCCCCCCCCC(=O)Nc1ccc(C)cc1[N+](=O)[O-]. The van der Waals surface area contributed by atoms with Crippen LogP contribution in [-0.2, 0) is 4.79 Å². The summed E-state index contributed by atoms with van der Waals surface area (Å²) >= 11 is 0. The predicted octanol–water partition coefficient (Wildman–Crippen LogP) is 6.54. The molecule has 0 heterocycles. The van der Waals surface area contributed by atoms with E-state index < -0.39 is 4.92 Å². The largest absolute Gasteiger partial charge is 0.320 e. The Bertz CT molecular complexity index is 558. The van der Waals surface area contributed by atoms with Crippen LogP contribution in [0.25, 0.3) is 0 Å². The van der Waals surface area contributed by atoms with Gasteiger partial charge in [-0.05, 0) is 25.0 Å². The van der Waals surface area contributed by atoms with Gasteiger partial charge in [-0.15, -0.1) is 0 Å². The van der Waals surface area contributed by atoms with E-state index >= 15 is 0 Å². The van der Waals surface area contributed by atoms with E-state index in [1.54, 1.807) is 19.1 Å². The van der Waals surface area contributed by atoms with Gasteiger partial charge in [0.25, 0.3) is 5.69 Å². The first-order valence-corrected chi connectivity index (χ1v) is 10.1. The summed E-state index contributed by atoms with van der Waals surface area (Å²) in [6.45, 7) is 4.03. The smallest absolute Gasteiger partial charge is 0.293 e. The van der Waals surface area contributed by atoms with Gasteiger partial charge < -0.3 is 5.32 Å². The molecule has 0 aliphatic rings. The van der Waals surface area contributed by atoms with Crippen LogP contribution in [0, 0.1) is 17.0 Å². The van der Waals surface area contributed by atoms with Gasteiger partial charge in [-0.2, -0.15) is 0 Å². The number of nitrogens with one attached hydrogen (secondary N) is 1. The molecule has 0 radical (unpaired) electrons. The van der Waals surface area contributed by atoms with Crippen molar-refractivity contribution >= 4 is 17.3 Å². The van der Waals surface area contributed by atoms with E-state index in [4.69, 9.17) is 0 Å². The average Bonchev–Trinajstić information content (AvgIpc) is 2.61. The summed E-state index contributed by atoms with van der Waals surface area (Å²) in [5.74, 6) is -0.145. The van der Waals surface area contributed by atoms with Crippen LogP contribution in [0.3, 0.4) is 0 Å². The van der Waals surface area contributed by atoms with E-state index in [2.05, 4.69) is 12.2 Å². The fraction of sp³-hybridized carbons (Fsp3) is 0.667. The van der Waals surface area contributed by atoms with Crippen molar-refractivity contribution in [3.05, 3.63) is 33.9 Å². The Hall–Kier alpha value is -1.91. The number of unbranched alkanes of at least 4 members (excludes halogenated alkanes) is 10.